The Morgan fingerprint density at radius 2 is 1.49 bits per heavy atom. The quantitative estimate of drug-likeness (QED) is 0.124. The molecule has 41 heavy (non-hydrogen) atoms. The van der Waals surface area contributed by atoms with Gasteiger partial charge in [0.15, 0.2) is 0 Å². The van der Waals surface area contributed by atoms with Crippen LogP contribution >= 0.6 is 0 Å². The van der Waals surface area contributed by atoms with E-state index in [1.165, 1.54) is 102 Å². The minimum Gasteiger partial charge on any atom is -0.500 e. The van der Waals surface area contributed by atoms with Gasteiger partial charge in [-0.1, -0.05) is 86.6 Å². The largest absolute Gasteiger partial charge is 0.500 e. The van der Waals surface area contributed by atoms with Crippen molar-refractivity contribution in [3.63, 3.8) is 0 Å². The number of unbranched alkanes of at least 4 members (excludes halogenated alkanes) is 1. The molecule has 0 amide bonds. The third-order valence-corrected chi connectivity index (χ3v) is 7.96. The van der Waals surface area contributed by atoms with Crippen molar-refractivity contribution in [1.82, 2.24) is 14.7 Å². The number of rotatable bonds is 13. The molecule has 2 fully saturated rings. The van der Waals surface area contributed by atoms with Crippen LogP contribution in [0.15, 0.2) is 23.1 Å². The molecule has 1 unspecified atom stereocenters. The molecule has 1 atom stereocenters. The summed E-state index contributed by atoms with van der Waals surface area (Å²) in [6, 6.07) is 0. The summed E-state index contributed by atoms with van der Waals surface area (Å²) >= 11 is 0. The Hall–Kier alpha value is -1.44. The summed E-state index contributed by atoms with van der Waals surface area (Å²) in [7, 11) is 1.82. The molecule has 0 aliphatic carbocycles. The molecule has 0 aromatic carbocycles. The smallest absolute Gasteiger partial charge is 0.112 e. The van der Waals surface area contributed by atoms with Crippen LogP contribution in [0.2, 0.25) is 0 Å². The van der Waals surface area contributed by atoms with E-state index in [-0.39, 0.29) is 0 Å². The van der Waals surface area contributed by atoms with Crippen LogP contribution in [-0.4, -0.2) is 74.2 Å². The predicted octanol–water partition coefficient (Wildman–Crippen LogP) is 9.63. The lowest BCUT2D eigenvalue weighted by Crippen LogP contribution is -2.46. The van der Waals surface area contributed by atoms with E-state index in [1.807, 2.05) is 21.0 Å². The van der Waals surface area contributed by atoms with Gasteiger partial charge in [-0.2, -0.15) is 0 Å². The highest BCUT2D eigenvalue weighted by Crippen LogP contribution is 2.32. The number of piperidine rings is 1. The number of likely N-dealkylation sites (tertiary alicyclic amines) is 1. The zero-order chi connectivity index (χ0) is 31.7. The molecule has 2 rings (SSSR count). The standard InChI is InChI=1S/C20H37N3O.C12H26.C3H4.C2H6/c1-5-9-21-12-14-23(15-13-21)20(18(2)3)16-19(24-4)17-22-10-7-6-8-11-22;1-6-8-9-12(4,5)10-11(3)7-2;1-3-2;1-2/h16H,5-15,17H2,1-4H3;11H,6-10H2,1-5H3;1H,2H3;1-2H3/b19-16+;;;. The van der Waals surface area contributed by atoms with Crippen molar-refractivity contribution in [2.24, 2.45) is 11.3 Å². The first-order valence-corrected chi connectivity index (χ1v) is 17.1. The van der Waals surface area contributed by atoms with Crippen LogP contribution in [0.4, 0.5) is 0 Å². The van der Waals surface area contributed by atoms with Gasteiger partial charge >= 0.3 is 0 Å². The molecule has 2 aliphatic rings. The van der Waals surface area contributed by atoms with E-state index in [0.717, 1.165) is 31.3 Å². The number of hydrogen-bond donors (Lipinski definition) is 0. The van der Waals surface area contributed by atoms with E-state index < -0.39 is 0 Å². The normalized spacial score (nSPS) is 17.0. The molecule has 2 saturated heterocycles. The van der Waals surface area contributed by atoms with Crippen LogP contribution in [0.3, 0.4) is 0 Å². The van der Waals surface area contributed by atoms with Gasteiger partial charge in [0.1, 0.15) is 5.76 Å². The summed E-state index contributed by atoms with van der Waals surface area (Å²) in [5.74, 6) is 4.25. The minimum absolute atomic E-state index is 0.575. The lowest BCUT2D eigenvalue weighted by atomic mass is 9.79. The monoisotopic (exact) mass is 576 g/mol. The van der Waals surface area contributed by atoms with Crippen molar-refractivity contribution in [1.29, 1.82) is 0 Å². The molecule has 0 aromatic heterocycles. The van der Waals surface area contributed by atoms with Gasteiger partial charge in [0.05, 0.1) is 13.7 Å². The van der Waals surface area contributed by atoms with Crippen LogP contribution in [0, 0.1) is 23.7 Å². The minimum atomic E-state index is 0.575. The molecule has 2 heterocycles. The number of hydrogen-bond acceptors (Lipinski definition) is 4. The summed E-state index contributed by atoms with van der Waals surface area (Å²) < 4.78 is 5.73. The average Bonchev–Trinajstić information content (AvgIpc) is 2.97. The second-order valence-corrected chi connectivity index (χ2v) is 12.6. The Labute approximate surface area is 259 Å². The van der Waals surface area contributed by atoms with Crippen molar-refractivity contribution < 1.29 is 4.74 Å². The Morgan fingerprint density at radius 1 is 0.927 bits per heavy atom. The Balaban J connectivity index is 0. The SMILES string of the molecule is C#CC.CC.CCCCC(C)(C)CC(C)CC.CCCN1CCN(C(/C=C(\CN2CCCCC2)OC)=C(C)C)CC1. The Bertz CT molecular complexity index is 700. The van der Waals surface area contributed by atoms with Crippen molar-refractivity contribution in [2.45, 2.75) is 134 Å². The van der Waals surface area contributed by atoms with E-state index in [9.17, 15) is 0 Å². The molecular weight excluding hydrogens is 502 g/mol. The number of allylic oxidation sites excluding steroid dienone is 2. The number of nitrogens with zero attached hydrogens (tertiary/aromatic N) is 3. The summed E-state index contributed by atoms with van der Waals surface area (Å²) in [5.41, 5.74) is 3.32. The highest BCUT2D eigenvalue weighted by atomic mass is 16.5. The molecule has 4 nitrogen and oxygen atoms in total. The second-order valence-electron chi connectivity index (χ2n) is 12.6. The maximum absolute atomic E-state index is 5.73. The fraction of sp³-hybridized carbons (Fsp3) is 0.838. The van der Waals surface area contributed by atoms with Gasteiger partial charge in [-0.15, -0.1) is 12.3 Å². The maximum atomic E-state index is 5.73. The number of ether oxygens (including phenoxy) is 1. The highest BCUT2D eigenvalue weighted by molar-refractivity contribution is 5.25. The lowest BCUT2D eigenvalue weighted by Gasteiger charge is -2.37. The van der Waals surface area contributed by atoms with Crippen molar-refractivity contribution >= 4 is 0 Å². The first kappa shape index (κ1) is 41.7. The molecule has 0 radical (unpaired) electrons. The third-order valence-electron chi connectivity index (χ3n) is 7.96. The Morgan fingerprint density at radius 3 is 1.93 bits per heavy atom. The topological polar surface area (TPSA) is 19.0 Å². The third kappa shape index (κ3) is 21.0. The zero-order valence-corrected chi connectivity index (χ0v) is 30.0. The molecule has 0 spiro atoms. The number of terminal acetylenes is 1. The molecule has 0 bridgehead atoms. The van der Waals surface area contributed by atoms with Crippen LogP contribution in [0.1, 0.15) is 134 Å². The molecule has 0 N–H and O–H groups in total. The van der Waals surface area contributed by atoms with Gasteiger partial charge < -0.3 is 9.64 Å². The molecular formula is C37H73N3O. The molecule has 0 saturated carbocycles. The zero-order valence-electron chi connectivity index (χ0n) is 30.0. The number of piperazine rings is 1. The van der Waals surface area contributed by atoms with Crippen molar-refractivity contribution in [3.8, 4) is 12.3 Å². The summed E-state index contributed by atoms with van der Waals surface area (Å²) in [6.45, 7) is 33.3. The fourth-order valence-electron chi connectivity index (χ4n) is 5.59. The molecule has 4 heteroatoms. The van der Waals surface area contributed by atoms with Crippen molar-refractivity contribution in [3.05, 3.63) is 23.1 Å². The summed E-state index contributed by atoms with van der Waals surface area (Å²) in [4.78, 5) is 7.64. The van der Waals surface area contributed by atoms with Gasteiger partial charge in [-0.25, -0.2) is 0 Å². The maximum Gasteiger partial charge on any atom is 0.112 e. The molecule has 242 valence electrons. The van der Waals surface area contributed by atoms with E-state index in [0.29, 0.717) is 5.41 Å². The summed E-state index contributed by atoms with van der Waals surface area (Å²) in [6.07, 6.45) is 19.0. The van der Waals surface area contributed by atoms with Gasteiger partial charge in [0.25, 0.3) is 0 Å². The predicted molar refractivity (Wildman–Crippen MR) is 185 cm³/mol. The first-order valence-electron chi connectivity index (χ1n) is 17.1. The summed E-state index contributed by atoms with van der Waals surface area (Å²) in [5, 5.41) is 0. The first-order chi connectivity index (χ1) is 19.6. The van der Waals surface area contributed by atoms with Gasteiger partial charge in [0, 0.05) is 38.0 Å². The lowest BCUT2D eigenvalue weighted by molar-refractivity contribution is 0.159. The van der Waals surface area contributed by atoms with Crippen LogP contribution in [0.5, 0.6) is 0 Å². The van der Waals surface area contributed by atoms with E-state index in [2.05, 4.69) is 88.5 Å². The highest BCUT2D eigenvalue weighted by Gasteiger charge is 2.20. The second kappa shape index (κ2) is 26.2. The van der Waals surface area contributed by atoms with E-state index in [1.54, 1.807) is 6.92 Å². The molecule has 2 aliphatic heterocycles. The number of methoxy groups -OCH3 is 1. The van der Waals surface area contributed by atoms with Crippen LogP contribution in [0.25, 0.3) is 0 Å². The van der Waals surface area contributed by atoms with E-state index >= 15 is 0 Å². The van der Waals surface area contributed by atoms with E-state index in [4.69, 9.17) is 4.74 Å². The van der Waals surface area contributed by atoms with Gasteiger partial charge in [0.2, 0.25) is 0 Å². The van der Waals surface area contributed by atoms with Crippen molar-refractivity contribution in [2.75, 3.05) is 59.5 Å². The van der Waals surface area contributed by atoms with Gasteiger partial charge in [-0.3, -0.25) is 9.80 Å². The average molecular weight is 576 g/mol. The fourth-order valence-corrected chi connectivity index (χ4v) is 5.59. The van der Waals surface area contributed by atoms with Crippen LogP contribution < -0.4 is 0 Å². The Kier molecular flexibility index (Phi) is 26.7. The van der Waals surface area contributed by atoms with Gasteiger partial charge in [-0.05, 0) is 83.8 Å². The molecule has 0 aromatic rings. The van der Waals surface area contributed by atoms with Crippen LogP contribution in [-0.2, 0) is 4.74 Å².